The van der Waals surface area contributed by atoms with Crippen molar-refractivity contribution >= 4 is 28.9 Å². The molecule has 6 heteroatoms. The van der Waals surface area contributed by atoms with Crippen LogP contribution in [0.1, 0.15) is 21.5 Å². The van der Waals surface area contributed by atoms with E-state index in [1.54, 1.807) is 23.6 Å². The summed E-state index contributed by atoms with van der Waals surface area (Å²) in [4.78, 5) is 23.1. The number of methoxy groups -OCH3 is 1. The van der Waals surface area contributed by atoms with E-state index in [2.05, 4.69) is 5.32 Å². The van der Waals surface area contributed by atoms with Gasteiger partial charge in [-0.25, -0.2) is 4.79 Å². The number of carboxylic acid groups (broad SMARTS) is 1. The van der Waals surface area contributed by atoms with E-state index in [0.29, 0.717) is 22.6 Å². The standard InChI is InChI=1S/C15H15NO4S/c1-9-5-12(16-15(18)19)11(7-14(9)20-2)6-13(17)10-3-4-21-8-10/h3-5,7-8,16H,6H2,1-2H3,(H,18,19). The van der Waals surface area contributed by atoms with Gasteiger partial charge in [-0.3, -0.25) is 10.1 Å². The number of benzene rings is 1. The number of nitrogens with one attached hydrogen (secondary N) is 1. The fraction of sp³-hybridized carbons (Fsp3) is 0.200. The number of ketones is 1. The number of hydrogen-bond donors (Lipinski definition) is 2. The first kappa shape index (κ1) is 15.1. The van der Waals surface area contributed by atoms with Gasteiger partial charge in [0.1, 0.15) is 5.75 Å². The summed E-state index contributed by atoms with van der Waals surface area (Å²) in [5.74, 6) is 0.564. The van der Waals surface area contributed by atoms with Crippen LogP contribution in [0.15, 0.2) is 29.0 Å². The van der Waals surface area contributed by atoms with E-state index in [1.165, 1.54) is 18.4 Å². The Labute approximate surface area is 126 Å². The Bertz CT molecular complexity index is 665. The molecule has 0 radical (unpaired) electrons. The number of amides is 1. The van der Waals surface area contributed by atoms with Gasteiger partial charge in [0.25, 0.3) is 0 Å². The van der Waals surface area contributed by atoms with Crippen molar-refractivity contribution in [2.75, 3.05) is 12.4 Å². The Morgan fingerprint density at radius 3 is 2.71 bits per heavy atom. The molecule has 0 aliphatic carbocycles. The van der Waals surface area contributed by atoms with Crippen molar-refractivity contribution in [2.45, 2.75) is 13.3 Å². The van der Waals surface area contributed by atoms with Gasteiger partial charge in [0, 0.05) is 23.1 Å². The van der Waals surface area contributed by atoms with Crippen LogP contribution in [0.25, 0.3) is 0 Å². The van der Waals surface area contributed by atoms with Gasteiger partial charge in [0.15, 0.2) is 5.78 Å². The van der Waals surface area contributed by atoms with E-state index in [0.717, 1.165) is 5.56 Å². The van der Waals surface area contributed by atoms with Crippen molar-refractivity contribution in [1.29, 1.82) is 0 Å². The largest absolute Gasteiger partial charge is 0.496 e. The molecule has 0 spiro atoms. The Kier molecular flexibility index (Phi) is 4.59. The maximum atomic E-state index is 12.2. The number of carbonyl (C=O) groups excluding carboxylic acids is 1. The maximum Gasteiger partial charge on any atom is 0.409 e. The molecule has 110 valence electrons. The lowest BCUT2D eigenvalue weighted by molar-refractivity contribution is 0.0993. The third-order valence-electron chi connectivity index (χ3n) is 3.06. The summed E-state index contributed by atoms with van der Waals surface area (Å²) in [7, 11) is 1.54. The zero-order chi connectivity index (χ0) is 15.4. The number of Topliss-reactive ketones (excluding diaryl/α,β-unsaturated/α-hetero) is 1. The minimum atomic E-state index is -1.16. The molecule has 0 saturated carbocycles. The molecule has 1 aromatic carbocycles. The lowest BCUT2D eigenvalue weighted by Gasteiger charge is -2.13. The normalized spacial score (nSPS) is 10.2. The van der Waals surface area contributed by atoms with Crippen LogP contribution >= 0.6 is 11.3 Å². The summed E-state index contributed by atoms with van der Waals surface area (Å²) < 4.78 is 5.23. The Morgan fingerprint density at radius 1 is 1.38 bits per heavy atom. The average Bonchev–Trinajstić information content (AvgIpc) is 2.95. The molecule has 1 aromatic heterocycles. The molecular formula is C15H15NO4S. The van der Waals surface area contributed by atoms with Gasteiger partial charge >= 0.3 is 6.09 Å². The third kappa shape index (κ3) is 3.61. The number of ether oxygens (including phenoxy) is 1. The van der Waals surface area contributed by atoms with Crippen LogP contribution in [0.4, 0.5) is 10.5 Å². The number of rotatable bonds is 5. The first-order chi connectivity index (χ1) is 10.0. The number of aryl methyl sites for hydroxylation is 1. The van der Waals surface area contributed by atoms with Crippen LogP contribution in [0.5, 0.6) is 5.75 Å². The predicted molar refractivity (Wildman–Crippen MR) is 81.7 cm³/mol. The van der Waals surface area contributed by atoms with E-state index in [1.807, 2.05) is 12.3 Å². The molecule has 2 N–H and O–H groups in total. The second-order valence-electron chi connectivity index (χ2n) is 4.52. The molecular weight excluding hydrogens is 290 g/mol. The highest BCUT2D eigenvalue weighted by molar-refractivity contribution is 7.08. The highest BCUT2D eigenvalue weighted by Crippen LogP contribution is 2.28. The maximum absolute atomic E-state index is 12.2. The van der Waals surface area contributed by atoms with E-state index >= 15 is 0 Å². The van der Waals surface area contributed by atoms with Crippen molar-refractivity contribution < 1.29 is 19.4 Å². The molecule has 21 heavy (non-hydrogen) atoms. The third-order valence-corrected chi connectivity index (χ3v) is 3.74. The van der Waals surface area contributed by atoms with Crippen LogP contribution in [0.2, 0.25) is 0 Å². The molecule has 0 aliphatic heterocycles. The molecule has 0 aliphatic rings. The summed E-state index contributed by atoms with van der Waals surface area (Å²) in [6, 6.07) is 5.12. The van der Waals surface area contributed by atoms with Crippen molar-refractivity contribution in [3.8, 4) is 5.75 Å². The molecule has 2 rings (SSSR count). The summed E-state index contributed by atoms with van der Waals surface area (Å²) in [5.41, 5.74) is 2.43. The van der Waals surface area contributed by atoms with Gasteiger partial charge in [-0.1, -0.05) is 0 Å². The van der Waals surface area contributed by atoms with Gasteiger partial charge in [-0.15, -0.1) is 0 Å². The topological polar surface area (TPSA) is 75.6 Å². The van der Waals surface area contributed by atoms with E-state index in [9.17, 15) is 9.59 Å². The molecule has 0 bridgehead atoms. The number of anilines is 1. The summed E-state index contributed by atoms with van der Waals surface area (Å²) in [5, 5.41) is 14.8. The minimum absolute atomic E-state index is 0.0596. The molecule has 0 saturated heterocycles. The first-order valence-electron chi connectivity index (χ1n) is 6.24. The van der Waals surface area contributed by atoms with Crippen molar-refractivity contribution in [1.82, 2.24) is 0 Å². The van der Waals surface area contributed by atoms with Gasteiger partial charge in [-0.2, -0.15) is 11.3 Å². The van der Waals surface area contributed by atoms with Gasteiger partial charge < -0.3 is 9.84 Å². The monoisotopic (exact) mass is 305 g/mol. The summed E-state index contributed by atoms with van der Waals surface area (Å²) in [6.45, 7) is 1.82. The van der Waals surface area contributed by atoms with Crippen molar-refractivity contribution in [3.05, 3.63) is 45.6 Å². The molecule has 2 aromatic rings. The molecule has 0 fully saturated rings. The highest BCUT2D eigenvalue weighted by Gasteiger charge is 2.15. The molecule has 1 heterocycles. The number of thiophene rings is 1. The van der Waals surface area contributed by atoms with Crippen LogP contribution in [0.3, 0.4) is 0 Å². The van der Waals surface area contributed by atoms with Crippen LogP contribution in [0, 0.1) is 6.92 Å². The lowest BCUT2D eigenvalue weighted by Crippen LogP contribution is -2.12. The zero-order valence-electron chi connectivity index (χ0n) is 11.7. The van der Waals surface area contributed by atoms with Gasteiger partial charge in [-0.05, 0) is 41.6 Å². The summed E-state index contributed by atoms with van der Waals surface area (Å²) in [6.07, 6.45) is -1.05. The Morgan fingerprint density at radius 2 is 2.14 bits per heavy atom. The Hall–Kier alpha value is -2.34. The fourth-order valence-electron chi connectivity index (χ4n) is 2.03. The van der Waals surface area contributed by atoms with E-state index in [4.69, 9.17) is 9.84 Å². The zero-order valence-corrected chi connectivity index (χ0v) is 12.5. The Balaban J connectivity index is 2.35. The van der Waals surface area contributed by atoms with Gasteiger partial charge in [0.2, 0.25) is 0 Å². The van der Waals surface area contributed by atoms with Crippen LogP contribution in [-0.4, -0.2) is 24.1 Å². The molecule has 0 unspecified atom stereocenters. The quantitative estimate of drug-likeness (QED) is 0.828. The van der Waals surface area contributed by atoms with Crippen LogP contribution in [-0.2, 0) is 6.42 Å². The minimum Gasteiger partial charge on any atom is -0.496 e. The number of carbonyl (C=O) groups is 2. The smallest absolute Gasteiger partial charge is 0.409 e. The fourth-order valence-corrected chi connectivity index (χ4v) is 2.69. The van der Waals surface area contributed by atoms with Crippen molar-refractivity contribution in [3.63, 3.8) is 0 Å². The number of hydrogen-bond acceptors (Lipinski definition) is 4. The first-order valence-corrected chi connectivity index (χ1v) is 7.18. The van der Waals surface area contributed by atoms with E-state index in [-0.39, 0.29) is 12.2 Å². The van der Waals surface area contributed by atoms with Crippen molar-refractivity contribution in [2.24, 2.45) is 0 Å². The van der Waals surface area contributed by atoms with E-state index < -0.39 is 6.09 Å². The molecule has 1 amide bonds. The van der Waals surface area contributed by atoms with Crippen LogP contribution < -0.4 is 10.1 Å². The average molecular weight is 305 g/mol. The van der Waals surface area contributed by atoms with Gasteiger partial charge in [0.05, 0.1) is 7.11 Å². The predicted octanol–water partition coefficient (Wildman–Crippen LogP) is 3.58. The second kappa shape index (κ2) is 6.41. The summed E-state index contributed by atoms with van der Waals surface area (Å²) >= 11 is 1.45. The molecule has 5 nitrogen and oxygen atoms in total. The lowest BCUT2D eigenvalue weighted by atomic mass is 10.0. The molecule has 0 atom stereocenters. The SMILES string of the molecule is COc1cc(CC(=O)c2ccsc2)c(NC(=O)O)cc1C. The second-order valence-corrected chi connectivity index (χ2v) is 5.30. The highest BCUT2D eigenvalue weighted by atomic mass is 32.1.